The summed E-state index contributed by atoms with van der Waals surface area (Å²) in [6, 6.07) is 13.2. The highest BCUT2D eigenvalue weighted by Crippen LogP contribution is 2.18. The lowest BCUT2D eigenvalue weighted by Gasteiger charge is -2.17. The largest absolute Gasteiger partial charge is 0.341 e. The molecule has 4 aromatic rings. The molecule has 1 aromatic carbocycles. The molecule has 0 fully saturated rings. The number of nitrogens with zero attached hydrogens (tertiary/aromatic N) is 6. The van der Waals surface area contributed by atoms with E-state index >= 15 is 0 Å². The number of aromatic nitrogens is 5. The van der Waals surface area contributed by atoms with E-state index < -0.39 is 0 Å². The molecule has 134 valence electrons. The number of rotatable bonds is 5. The van der Waals surface area contributed by atoms with Crippen molar-refractivity contribution in [1.29, 1.82) is 0 Å². The molecule has 0 saturated heterocycles. The Bertz CT molecular complexity index is 1060. The summed E-state index contributed by atoms with van der Waals surface area (Å²) in [7, 11) is 1.81. The first-order valence-corrected chi connectivity index (χ1v) is 8.63. The van der Waals surface area contributed by atoms with Crippen molar-refractivity contribution < 1.29 is 4.79 Å². The Morgan fingerprint density at radius 3 is 2.59 bits per heavy atom. The molecule has 0 spiro atoms. The van der Waals surface area contributed by atoms with Crippen molar-refractivity contribution in [1.82, 2.24) is 29.5 Å². The molecule has 0 saturated carbocycles. The molecule has 0 aliphatic rings. The third-order valence-corrected chi connectivity index (χ3v) is 4.41. The average molecular weight is 358 g/mol. The zero-order chi connectivity index (χ0) is 18.6. The van der Waals surface area contributed by atoms with E-state index in [9.17, 15) is 4.79 Å². The quantitative estimate of drug-likeness (QED) is 0.548. The highest BCUT2D eigenvalue weighted by Gasteiger charge is 2.13. The van der Waals surface area contributed by atoms with Gasteiger partial charge in [0.05, 0.1) is 0 Å². The number of fused-ring (bicyclic) bond motifs is 1. The molecule has 0 atom stereocenters. The molecule has 0 aliphatic carbocycles. The minimum Gasteiger partial charge on any atom is -0.341 e. The zero-order valence-corrected chi connectivity index (χ0v) is 14.9. The maximum atomic E-state index is 12.6. The van der Waals surface area contributed by atoms with Crippen LogP contribution in [-0.2, 0) is 6.42 Å². The van der Waals surface area contributed by atoms with Crippen LogP contribution in [0.4, 0.5) is 0 Å². The van der Waals surface area contributed by atoms with Crippen molar-refractivity contribution in [3.63, 3.8) is 0 Å². The highest BCUT2D eigenvalue weighted by molar-refractivity contribution is 5.94. The molecule has 0 unspecified atom stereocenters. The molecular formula is C20H18N6O. The first-order chi connectivity index (χ1) is 13.2. The van der Waals surface area contributed by atoms with Crippen molar-refractivity contribution in [2.75, 3.05) is 13.6 Å². The molecule has 0 radical (unpaired) electrons. The Balaban J connectivity index is 1.47. The Hall–Kier alpha value is -3.61. The lowest BCUT2D eigenvalue weighted by atomic mass is 10.1. The van der Waals surface area contributed by atoms with Crippen LogP contribution in [0.15, 0.2) is 67.3 Å². The monoisotopic (exact) mass is 358 g/mol. The number of carbonyl (C=O) groups is 1. The maximum absolute atomic E-state index is 12.6. The SMILES string of the molecule is CN(CCc1ccncc1)C(=O)c1ccc(-c2nnc3ncccn23)cc1. The molecule has 3 aromatic heterocycles. The molecule has 0 N–H and O–H groups in total. The Labute approximate surface area is 156 Å². The second kappa shape index (κ2) is 7.33. The predicted molar refractivity (Wildman–Crippen MR) is 101 cm³/mol. The van der Waals surface area contributed by atoms with Gasteiger partial charge in [-0.3, -0.25) is 14.2 Å². The standard InChI is InChI=1S/C20H18N6O/c1-25(14-9-15-7-11-21-12-8-15)19(27)17-5-3-16(4-6-17)18-23-24-20-22-10-2-13-26(18)20/h2-8,10-13H,9,14H2,1H3. The molecular weight excluding hydrogens is 340 g/mol. The maximum Gasteiger partial charge on any atom is 0.255 e. The Morgan fingerprint density at radius 2 is 1.81 bits per heavy atom. The molecule has 3 heterocycles. The van der Waals surface area contributed by atoms with Crippen LogP contribution in [0.3, 0.4) is 0 Å². The van der Waals surface area contributed by atoms with Gasteiger partial charge in [-0.25, -0.2) is 4.98 Å². The second-order valence-corrected chi connectivity index (χ2v) is 6.22. The van der Waals surface area contributed by atoms with E-state index in [1.54, 1.807) is 23.5 Å². The van der Waals surface area contributed by atoms with Crippen LogP contribution >= 0.6 is 0 Å². The lowest BCUT2D eigenvalue weighted by molar-refractivity contribution is 0.0796. The van der Waals surface area contributed by atoms with E-state index in [-0.39, 0.29) is 5.91 Å². The van der Waals surface area contributed by atoms with Crippen LogP contribution in [0.5, 0.6) is 0 Å². The summed E-state index contributed by atoms with van der Waals surface area (Å²) in [5.74, 6) is 1.23. The van der Waals surface area contributed by atoms with Crippen LogP contribution in [0, 0.1) is 0 Å². The summed E-state index contributed by atoms with van der Waals surface area (Å²) in [6.45, 7) is 0.644. The zero-order valence-electron chi connectivity index (χ0n) is 14.9. The van der Waals surface area contributed by atoms with E-state index in [0.29, 0.717) is 23.7 Å². The molecule has 0 bridgehead atoms. The molecule has 7 nitrogen and oxygen atoms in total. The minimum absolute atomic E-state index is 0.0108. The Kier molecular flexibility index (Phi) is 4.57. The lowest BCUT2D eigenvalue weighted by Crippen LogP contribution is -2.28. The van der Waals surface area contributed by atoms with Gasteiger partial charge in [0.25, 0.3) is 11.7 Å². The third-order valence-electron chi connectivity index (χ3n) is 4.41. The van der Waals surface area contributed by atoms with Crippen LogP contribution in [0.2, 0.25) is 0 Å². The number of hydrogen-bond donors (Lipinski definition) is 0. The summed E-state index contributed by atoms with van der Waals surface area (Å²) in [5, 5.41) is 8.24. The van der Waals surface area contributed by atoms with Gasteiger partial charge in [0.15, 0.2) is 5.82 Å². The van der Waals surface area contributed by atoms with Crippen LogP contribution in [-0.4, -0.2) is 49.0 Å². The van der Waals surface area contributed by atoms with E-state index in [1.165, 1.54) is 0 Å². The van der Waals surface area contributed by atoms with E-state index in [1.807, 2.05) is 60.1 Å². The minimum atomic E-state index is -0.0108. The van der Waals surface area contributed by atoms with Gasteiger partial charge in [-0.2, -0.15) is 0 Å². The fraction of sp³-hybridized carbons (Fsp3) is 0.150. The number of benzene rings is 1. The Morgan fingerprint density at radius 1 is 1.04 bits per heavy atom. The van der Waals surface area contributed by atoms with Crippen molar-refractivity contribution >= 4 is 11.7 Å². The van der Waals surface area contributed by atoms with E-state index in [0.717, 1.165) is 17.5 Å². The fourth-order valence-electron chi connectivity index (χ4n) is 2.87. The number of pyridine rings is 1. The van der Waals surface area contributed by atoms with Crippen LogP contribution in [0.25, 0.3) is 17.2 Å². The molecule has 27 heavy (non-hydrogen) atoms. The molecule has 1 amide bonds. The number of carbonyl (C=O) groups excluding carboxylic acids is 1. The van der Waals surface area contributed by atoms with Gasteiger partial charge in [0.2, 0.25) is 0 Å². The number of hydrogen-bond acceptors (Lipinski definition) is 5. The van der Waals surface area contributed by atoms with Gasteiger partial charge in [-0.15, -0.1) is 10.2 Å². The summed E-state index contributed by atoms with van der Waals surface area (Å²) in [6.07, 6.45) is 7.86. The topological polar surface area (TPSA) is 76.3 Å². The van der Waals surface area contributed by atoms with Crippen LogP contribution < -0.4 is 0 Å². The second-order valence-electron chi connectivity index (χ2n) is 6.22. The van der Waals surface area contributed by atoms with Gasteiger partial charge in [0, 0.05) is 49.5 Å². The number of amides is 1. The van der Waals surface area contributed by atoms with Gasteiger partial charge in [0.1, 0.15) is 0 Å². The predicted octanol–water partition coefficient (Wildman–Crippen LogP) is 2.50. The van der Waals surface area contributed by atoms with Gasteiger partial charge in [-0.1, -0.05) is 12.1 Å². The summed E-state index contributed by atoms with van der Waals surface area (Å²) in [5.41, 5.74) is 2.68. The van der Waals surface area contributed by atoms with E-state index in [2.05, 4.69) is 20.2 Å². The molecule has 0 aliphatic heterocycles. The smallest absolute Gasteiger partial charge is 0.255 e. The van der Waals surface area contributed by atoms with Gasteiger partial charge < -0.3 is 4.90 Å². The van der Waals surface area contributed by atoms with Crippen molar-refractivity contribution in [3.05, 3.63) is 78.4 Å². The summed E-state index contributed by atoms with van der Waals surface area (Å²) >= 11 is 0. The highest BCUT2D eigenvalue weighted by atomic mass is 16.2. The third kappa shape index (κ3) is 3.52. The van der Waals surface area contributed by atoms with Crippen molar-refractivity contribution in [3.8, 4) is 11.4 Å². The van der Waals surface area contributed by atoms with Crippen molar-refractivity contribution in [2.45, 2.75) is 6.42 Å². The summed E-state index contributed by atoms with van der Waals surface area (Å²) in [4.78, 5) is 22.5. The molecule has 4 rings (SSSR count). The van der Waals surface area contributed by atoms with E-state index in [4.69, 9.17) is 0 Å². The number of likely N-dealkylation sites (N-methyl/N-ethyl adjacent to an activating group) is 1. The first kappa shape index (κ1) is 16.8. The van der Waals surface area contributed by atoms with Crippen LogP contribution in [0.1, 0.15) is 15.9 Å². The normalized spacial score (nSPS) is 10.9. The first-order valence-electron chi connectivity index (χ1n) is 8.63. The fourth-order valence-corrected chi connectivity index (χ4v) is 2.87. The van der Waals surface area contributed by atoms with Gasteiger partial charge >= 0.3 is 0 Å². The summed E-state index contributed by atoms with van der Waals surface area (Å²) < 4.78 is 1.82. The van der Waals surface area contributed by atoms with Crippen molar-refractivity contribution in [2.24, 2.45) is 0 Å². The van der Waals surface area contributed by atoms with Gasteiger partial charge in [-0.05, 0) is 42.3 Å². The molecule has 7 heteroatoms. The average Bonchev–Trinajstić information content (AvgIpc) is 3.16.